The Kier molecular flexibility index (Phi) is 7.67. The molecule has 0 spiro atoms. The van der Waals surface area contributed by atoms with E-state index in [0.29, 0.717) is 26.2 Å². The number of fused-ring (bicyclic) bond motifs is 1. The summed E-state index contributed by atoms with van der Waals surface area (Å²) in [4.78, 5) is 40.3. The van der Waals surface area contributed by atoms with E-state index in [1.165, 1.54) is 12.3 Å². The van der Waals surface area contributed by atoms with Crippen LogP contribution < -0.4 is 5.32 Å². The fourth-order valence-corrected chi connectivity index (χ4v) is 3.10. The normalized spacial score (nSPS) is 21.3. The van der Waals surface area contributed by atoms with Gasteiger partial charge < -0.3 is 20.1 Å². The van der Waals surface area contributed by atoms with Gasteiger partial charge in [-0.25, -0.2) is 9.18 Å². The van der Waals surface area contributed by atoms with Crippen LogP contribution in [-0.4, -0.2) is 95.8 Å². The number of alkyl halides is 3. The Morgan fingerprint density at radius 1 is 1.33 bits per heavy atom. The molecule has 2 aliphatic rings. The number of ether oxygens (including phenoxy) is 1. The lowest BCUT2D eigenvalue weighted by molar-refractivity contribution is -0.192. The number of carboxylic acid groups (broad SMARTS) is 1. The lowest BCUT2D eigenvalue weighted by Gasteiger charge is -2.35. The van der Waals surface area contributed by atoms with Crippen LogP contribution >= 0.6 is 0 Å². The number of halogens is 4. The van der Waals surface area contributed by atoms with Gasteiger partial charge in [0.1, 0.15) is 0 Å². The van der Waals surface area contributed by atoms with Crippen molar-refractivity contribution in [3.05, 3.63) is 29.8 Å². The minimum atomic E-state index is -5.08. The molecule has 0 unspecified atom stereocenters. The highest BCUT2D eigenvalue weighted by molar-refractivity contribution is 5.94. The summed E-state index contributed by atoms with van der Waals surface area (Å²) in [7, 11) is 1.59. The van der Waals surface area contributed by atoms with Gasteiger partial charge in [-0.2, -0.15) is 13.2 Å². The van der Waals surface area contributed by atoms with E-state index in [0.717, 1.165) is 6.20 Å². The largest absolute Gasteiger partial charge is 0.490 e. The predicted octanol–water partition coefficient (Wildman–Crippen LogP) is 0.125. The highest BCUT2D eigenvalue weighted by Crippen LogP contribution is 2.24. The smallest absolute Gasteiger partial charge is 0.475 e. The third-order valence-corrected chi connectivity index (χ3v) is 4.57. The van der Waals surface area contributed by atoms with Gasteiger partial charge in [-0.05, 0) is 6.07 Å². The van der Waals surface area contributed by atoms with Crippen molar-refractivity contribution in [3.8, 4) is 0 Å². The Bertz CT molecular complexity index is 792. The number of hydrogen-bond donors (Lipinski definition) is 2. The van der Waals surface area contributed by atoms with Crippen LogP contribution in [0.5, 0.6) is 0 Å². The number of likely N-dealkylation sites (N-methyl/N-ethyl adjacent to an activating group) is 1. The number of aromatic nitrogens is 1. The zero-order valence-corrected chi connectivity index (χ0v) is 15.9. The molecule has 1 aromatic rings. The summed E-state index contributed by atoms with van der Waals surface area (Å²) in [6.07, 6.45) is -2.80. The minimum Gasteiger partial charge on any atom is -0.475 e. The molecule has 0 aliphatic carbocycles. The number of carbonyl (C=O) groups excluding carboxylic acids is 2. The molecule has 2 atom stereocenters. The van der Waals surface area contributed by atoms with Crippen molar-refractivity contribution in [2.45, 2.75) is 18.3 Å². The first-order chi connectivity index (χ1) is 14.0. The Morgan fingerprint density at radius 3 is 2.57 bits per heavy atom. The summed E-state index contributed by atoms with van der Waals surface area (Å²) < 4.78 is 51.2. The van der Waals surface area contributed by atoms with Crippen LogP contribution in [0.3, 0.4) is 0 Å². The van der Waals surface area contributed by atoms with Crippen LogP contribution in [0, 0.1) is 5.82 Å². The standard InChI is InChI=1S/C15H19FN4O3.C2HF3O2/c1-17-14(21)9-19-4-5-23-13-8-20(7-12(13)19)15(22)10-2-3-18-6-11(10)16;3-2(4,5)1(6)7/h2-3,6,12-13H,4-5,7-9H2,1H3,(H,17,21);(H,6,7)/t12-,13+;/m1./s1. The summed E-state index contributed by atoms with van der Waals surface area (Å²) >= 11 is 0. The van der Waals surface area contributed by atoms with E-state index in [2.05, 4.69) is 10.3 Å². The van der Waals surface area contributed by atoms with Crippen molar-refractivity contribution >= 4 is 17.8 Å². The van der Waals surface area contributed by atoms with Gasteiger partial charge in [0.05, 0.1) is 37.1 Å². The molecular formula is C17H20F4N4O5. The highest BCUT2D eigenvalue weighted by Gasteiger charge is 2.42. The fourth-order valence-electron chi connectivity index (χ4n) is 3.10. The Balaban J connectivity index is 0.000000396. The molecule has 3 heterocycles. The van der Waals surface area contributed by atoms with Crippen LogP contribution in [0.2, 0.25) is 0 Å². The number of carboxylic acids is 1. The molecule has 1 aromatic heterocycles. The van der Waals surface area contributed by atoms with E-state index in [1.807, 2.05) is 4.90 Å². The average molecular weight is 436 g/mol. The SMILES string of the molecule is CNC(=O)CN1CCO[C@H]2CN(C(=O)c3ccncc3F)C[C@H]21.O=C(O)C(F)(F)F. The van der Waals surface area contributed by atoms with Crippen molar-refractivity contribution in [2.75, 3.05) is 39.8 Å². The first-order valence-corrected chi connectivity index (χ1v) is 8.79. The summed E-state index contributed by atoms with van der Waals surface area (Å²) in [6, 6.07) is 1.33. The molecule has 2 aliphatic heterocycles. The maximum atomic E-state index is 13.8. The van der Waals surface area contributed by atoms with Gasteiger partial charge in [-0.15, -0.1) is 0 Å². The molecule has 2 amide bonds. The van der Waals surface area contributed by atoms with Crippen molar-refractivity contribution in [3.63, 3.8) is 0 Å². The van der Waals surface area contributed by atoms with E-state index in [1.54, 1.807) is 11.9 Å². The fraction of sp³-hybridized carbons (Fsp3) is 0.529. The maximum Gasteiger partial charge on any atom is 0.490 e. The third-order valence-electron chi connectivity index (χ3n) is 4.57. The topological polar surface area (TPSA) is 112 Å². The number of nitrogens with one attached hydrogen (secondary N) is 1. The second-order valence-corrected chi connectivity index (χ2v) is 6.49. The van der Waals surface area contributed by atoms with Crippen LogP contribution in [0.15, 0.2) is 18.5 Å². The molecule has 30 heavy (non-hydrogen) atoms. The maximum absolute atomic E-state index is 13.8. The first kappa shape index (κ1) is 23.5. The Labute approximate surface area is 168 Å². The molecule has 0 aromatic carbocycles. The van der Waals surface area contributed by atoms with Gasteiger partial charge in [-0.1, -0.05) is 0 Å². The zero-order valence-electron chi connectivity index (χ0n) is 15.9. The van der Waals surface area contributed by atoms with Crippen molar-refractivity contribution in [2.24, 2.45) is 0 Å². The van der Waals surface area contributed by atoms with Gasteiger partial charge in [0.15, 0.2) is 5.82 Å². The number of hydrogen-bond acceptors (Lipinski definition) is 6. The molecule has 2 fully saturated rings. The van der Waals surface area contributed by atoms with Gasteiger partial charge in [0.25, 0.3) is 5.91 Å². The van der Waals surface area contributed by atoms with Gasteiger partial charge >= 0.3 is 12.1 Å². The van der Waals surface area contributed by atoms with E-state index in [4.69, 9.17) is 14.6 Å². The van der Waals surface area contributed by atoms with Crippen LogP contribution in [0.1, 0.15) is 10.4 Å². The second-order valence-electron chi connectivity index (χ2n) is 6.49. The van der Waals surface area contributed by atoms with Gasteiger partial charge in [0, 0.05) is 32.9 Å². The van der Waals surface area contributed by atoms with Crippen LogP contribution in [-0.2, 0) is 14.3 Å². The van der Waals surface area contributed by atoms with Crippen molar-refractivity contribution < 1.29 is 41.8 Å². The Hall–Kier alpha value is -2.80. The molecule has 0 saturated carbocycles. The van der Waals surface area contributed by atoms with Crippen molar-refractivity contribution in [1.29, 1.82) is 0 Å². The van der Waals surface area contributed by atoms with E-state index >= 15 is 0 Å². The number of aliphatic carboxylic acids is 1. The van der Waals surface area contributed by atoms with Gasteiger partial charge in [0.2, 0.25) is 5.91 Å². The zero-order chi connectivity index (χ0) is 22.5. The number of pyridine rings is 1. The molecule has 166 valence electrons. The lowest BCUT2D eigenvalue weighted by Crippen LogP contribution is -2.53. The van der Waals surface area contributed by atoms with Gasteiger partial charge in [-0.3, -0.25) is 19.5 Å². The summed E-state index contributed by atoms with van der Waals surface area (Å²) in [5.74, 6) is -3.83. The summed E-state index contributed by atoms with van der Waals surface area (Å²) in [5, 5.41) is 9.73. The number of carbonyl (C=O) groups is 3. The monoisotopic (exact) mass is 436 g/mol. The lowest BCUT2D eigenvalue weighted by atomic mass is 10.1. The molecular weight excluding hydrogens is 416 g/mol. The number of amides is 2. The summed E-state index contributed by atoms with van der Waals surface area (Å²) in [5.41, 5.74) is 0.0106. The number of rotatable bonds is 3. The second kappa shape index (κ2) is 9.80. The Morgan fingerprint density at radius 2 is 2.00 bits per heavy atom. The molecule has 2 saturated heterocycles. The molecule has 2 N–H and O–H groups in total. The molecule has 0 radical (unpaired) electrons. The molecule has 9 nitrogen and oxygen atoms in total. The summed E-state index contributed by atoms with van der Waals surface area (Å²) in [6.45, 7) is 2.24. The first-order valence-electron chi connectivity index (χ1n) is 8.79. The highest BCUT2D eigenvalue weighted by atomic mass is 19.4. The molecule has 0 bridgehead atoms. The van der Waals surface area contributed by atoms with Crippen molar-refractivity contribution in [1.82, 2.24) is 20.1 Å². The van der Waals surface area contributed by atoms with Crippen LogP contribution in [0.4, 0.5) is 17.6 Å². The number of nitrogens with zero attached hydrogens (tertiary/aromatic N) is 3. The minimum absolute atomic E-state index is 0.0106. The molecule has 13 heteroatoms. The quantitative estimate of drug-likeness (QED) is 0.648. The number of likely N-dealkylation sites (tertiary alicyclic amines) is 1. The van der Waals surface area contributed by atoms with E-state index in [9.17, 15) is 27.2 Å². The average Bonchev–Trinajstić information content (AvgIpc) is 3.13. The predicted molar refractivity (Wildman–Crippen MR) is 93.0 cm³/mol. The van der Waals surface area contributed by atoms with E-state index < -0.39 is 18.0 Å². The third kappa shape index (κ3) is 5.86. The molecule has 3 rings (SSSR count). The number of morpholine rings is 1. The van der Waals surface area contributed by atoms with Crippen LogP contribution in [0.25, 0.3) is 0 Å². The van der Waals surface area contributed by atoms with E-state index in [-0.39, 0.29) is 36.1 Å².